The summed E-state index contributed by atoms with van der Waals surface area (Å²) in [5.74, 6) is 0.995. The Morgan fingerprint density at radius 1 is 0.569 bits per heavy atom. The zero-order chi connectivity index (χ0) is 36.1. The van der Waals surface area contributed by atoms with Gasteiger partial charge in [0, 0.05) is 35.1 Å². The Bertz CT molecular complexity index is 2360. The third kappa shape index (κ3) is 6.57. The van der Waals surface area contributed by atoms with E-state index in [0.717, 1.165) is 67.2 Å². The molecule has 0 aliphatic heterocycles. The normalized spacial score (nSPS) is 12.2. The van der Waals surface area contributed by atoms with Crippen molar-refractivity contribution < 1.29 is 5.11 Å². The summed E-state index contributed by atoms with van der Waals surface area (Å²) >= 11 is 0. The third-order valence-electron chi connectivity index (χ3n) is 9.67. The van der Waals surface area contributed by atoms with Crippen molar-refractivity contribution in [3.8, 4) is 61.8 Å². The van der Waals surface area contributed by atoms with Crippen molar-refractivity contribution in [2.24, 2.45) is 0 Å². The van der Waals surface area contributed by atoms with E-state index in [1.54, 1.807) is 0 Å². The molecule has 3 aromatic heterocycles. The highest BCUT2D eigenvalue weighted by atomic mass is 16.3. The number of nitrogens with zero attached hydrogens (tertiary/aromatic N) is 4. The second-order valence-electron chi connectivity index (χ2n) is 15.8. The van der Waals surface area contributed by atoms with Crippen LogP contribution in [-0.4, -0.2) is 24.6 Å². The summed E-state index contributed by atoms with van der Waals surface area (Å²) in [6, 6.07) is 38.2. The largest absolute Gasteiger partial charge is 0.507 e. The van der Waals surface area contributed by atoms with Gasteiger partial charge in [0.1, 0.15) is 17.1 Å². The fourth-order valence-corrected chi connectivity index (χ4v) is 6.81. The van der Waals surface area contributed by atoms with Crippen LogP contribution in [-0.2, 0) is 10.8 Å². The lowest BCUT2D eigenvalue weighted by atomic mass is 9.79. The minimum absolute atomic E-state index is 0.0589. The van der Waals surface area contributed by atoms with Crippen LogP contribution in [0.15, 0.2) is 122 Å². The SMILES string of the molecule is CC(C)n1c(-c2cc(C(C)(C)C)cc(C(C)(C)C)c2O)nc2c(-c3cccc(-c4cc(-c5ccc(-c6ccccc6)cc5)ccn4)c3)ccnc21. The fraction of sp³-hybridized carbons (Fsp3) is 0.239. The Hall–Kier alpha value is -5.55. The molecule has 5 nitrogen and oxygen atoms in total. The van der Waals surface area contributed by atoms with Gasteiger partial charge in [-0.2, -0.15) is 0 Å². The molecule has 7 aromatic rings. The van der Waals surface area contributed by atoms with Gasteiger partial charge in [0.2, 0.25) is 0 Å². The quantitative estimate of drug-likeness (QED) is 0.191. The first-order valence-corrected chi connectivity index (χ1v) is 17.8. The molecule has 0 unspecified atom stereocenters. The van der Waals surface area contributed by atoms with E-state index in [9.17, 15) is 5.11 Å². The molecule has 51 heavy (non-hydrogen) atoms. The second-order valence-corrected chi connectivity index (χ2v) is 15.8. The van der Waals surface area contributed by atoms with Crippen molar-refractivity contribution in [3.63, 3.8) is 0 Å². The summed E-state index contributed by atoms with van der Waals surface area (Å²) in [5, 5.41) is 11.8. The van der Waals surface area contributed by atoms with Crippen molar-refractivity contribution in [3.05, 3.63) is 133 Å². The minimum Gasteiger partial charge on any atom is -0.507 e. The van der Waals surface area contributed by atoms with Gasteiger partial charge in [-0.3, -0.25) is 4.98 Å². The number of phenolic OH excluding ortho intramolecular Hbond substituents is 1. The topological polar surface area (TPSA) is 63.8 Å². The second kappa shape index (κ2) is 13.0. The highest BCUT2D eigenvalue weighted by Gasteiger charge is 2.29. The van der Waals surface area contributed by atoms with Gasteiger partial charge < -0.3 is 9.67 Å². The Morgan fingerprint density at radius 2 is 1.20 bits per heavy atom. The van der Waals surface area contributed by atoms with Crippen LogP contribution in [0, 0.1) is 0 Å². The first-order chi connectivity index (χ1) is 24.3. The van der Waals surface area contributed by atoms with Crippen LogP contribution >= 0.6 is 0 Å². The van der Waals surface area contributed by atoms with Crippen LogP contribution in [0.5, 0.6) is 5.75 Å². The van der Waals surface area contributed by atoms with E-state index in [1.165, 1.54) is 11.1 Å². The summed E-state index contributed by atoms with van der Waals surface area (Å²) < 4.78 is 2.16. The van der Waals surface area contributed by atoms with E-state index in [-0.39, 0.29) is 22.6 Å². The molecule has 0 aliphatic rings. The van der Waals surface area contributed by atoms with E-state index < -0.39 is 0 Å². The predicted molar refractivity (Wildman–Crippen MR) is 212 cm³/mol. The Morgan fingerprint density at radius 3 is 1.86 bits per heavy atom. The molecular formula is C46H46N4O. The van der Waals surface area contributed by atoms with Crippen LogP contribution in [0.4, 0.5) is 0 Å². The molecule has 0 bridgehead atoms. The predicted octanol–water partition coefficient (Wildman–Crippen LogP) is 12.0. The Balaban J connectivity index is 1.31. The van der Waals surface area contributed by atoms with Crippen molar-refractivity contribution in [2.75, 3.05) is 0 Å². The lowest BCUT2D eigenvalue weighted by Crippen LogP contribution is -2.17. The van der Waals surface area contributed by atoms with E-state index in [0.29, 0.717) is 0 Å². The monoisotopic (exact) mass is 670 g/mol. The van der Waals surface area contributed by atoms with Crippen molar-refractivity contribution in [1.29, 1.82) is 0 Å². The summed E-state index contributed by atoms with van der Waals surface area (Å²) in [5.41, 5.74) is 12.6. The molecule has 3 heterocycles. The maximum Gasteiger partial charge on any atom is 0.161 e. The molecule has 0 spiro atoms. The molecule has 4 aromatic carbocycles. The van der Waals surface area contributed by atoms with Crippen LogP contribution in [0.25, 0.3) is 67.2 Å². The highest BCUT2D eigenvalue weighted by molar-refractivity contribution is 5.93. The lowest BCUT2D eigenvalue weighted by Gasteiger charge is -2.27. The highest BCUT2D eigenvalue weighted by Crippen LogP contribution is 2.44. The number of imidazole rings is 1. The molecule has 7 rings (SSSR count). The van der Waals surface area contributed by atoms with E-state index in [1.807, 2.05) is 24.5 Å². The molecule has 1 N–H and O–H groups in total. The van der Waals surface area contributed by atoms with Crippen LogP contribution in [0.2, 0.25) is 0 Å². The Kier molecular flexibility index (Phi) is 8.62. The maximum absolute atomic E-state index is 11.8. The molecule has 0 amide bonds. The smallest absolute Gasteiger partial charge is 0.161 e. The van der Waals surface area contributed by atoms with Gasteiger partial charge in [0.05, 0.1) is 11.3 Å². The summed E-state index contributed by atoms with van der Waals surface area (Å²) in [6.07, 6.45) is 3.74. The van der Waals surface area contributed by atoms with Crippen LogP contribution in [0.3, 0.4) is 0 Å². The molecule has 5 heteroatoms. The minimum atomic E-state index is -0.254. The van der Waals surface area contributed by atoms with Crippen molar-refractivity contribution in [1.82, 2.24) is 19.5 Å². The third-order valence-corrected chi connectivity index (χ3v) is 9.67. The van der Waals surface area contributed by atoms with Gasteiger partial charge in [0.15, 0.2) is 5.65 Å². The first kappa shape index (κ1) is 33.9. The van der Waals surface area contributed by atoms with Crippen molar-refractivity contribution >= 4 is 11.2 Å². The van der Waals surface area contributed by atoms with Gasteiger partial charge in [0.25, 0.3) is 0 Å². The summed E-state index contributed by atoms with van der Waals surface area (Å²) in [6.45, 7) is 17.3. The number of phenols is 1. The molecule has 0 saturated heterocycles. The maximum atomic E-state index is 11.8. The first-order valence-electron chi connectivity index (χ1n) is 17.8. The standard InChI is InChI=1S/C46H46N4O/c1-29(2)50-43(38-27-36(45(3,4)5)28-39(42(38)51)46(6,7)8)49-41-37(22-24-48-44(41)50)34-15-12-16-35(25-34)40-26-33(21-23-47-40)32-19-17-31(18-20-32)30-13-10-9-11-14-30/h9-29,51H,1-8H3. The average Bonchev–Trinajstić information content (AvgIpc) is 3.51. The molecule has 0 radical (unpaired) electrons. The zero-order valence-corrected chi connectivity index (χ0v) is 30.9. The number of benzene rings is 4. The molecular weight excluding hydrogens is 625 g/mol. The number of hydrogen-bond acceptors (Lipinski definition) is 4. The average molecular weight is 671 g/mol. The van der Waals surface area contributed by atoms with Crippen molar-refractivity contribution in [2.45, 2.75) is 72.3 Å². The van der Waals surface area contributed by atoms with Gasteiger partial charge in [-0.15, -0.1) is 0 Å². The van der Waals surface area contributed by atoms with Gasteiger partial charge in [-0.25, -0.2) is 9.97 Å². The molecule has 0 aliphatic carbocycles. The zero-order valence-electron chi connectivity index (χ0n) is 30.9. The molecule has 0 saturated carbocycles. The number of hydrogen-bond donors (Lipinski definition) is 1. The lowest BCUT2D eigenvalue weighted by molar-refractivity contribution is 0.445. The van der Waals surface area contributed by atoms with Crippen LogP contribution in [0.1, 0.15) is 72.6 Å². The fourth-order valence-electron chi connectivity index (χ4n) is 6.81. The molecule has 0 atom stereocenters. The van der Waals surface area contributed by atoms with Gasteiger partial charge in [-0.1, -0.05) is 120 Å². The van der Waals surface area contributed by atoms with Gasteiger partial charge in [-0.05, 0) is 88.4 Å². The Labute approximate surface area is 301 Å². The molecule has 256 valence electrons. The molecule has 0 fully saturated rings. The number of rotatable bonds is 6. The van der Waals surface area contributed by atoms with Gasteiger partial charge >= 0.3 is 0 Å². The summed E-state index contributed by atoms with van der Waals surface area (Å²) in [7, 11) is 0. The number of aromatic hydroxyl groups is 1. The number of fused-ring (bicyclic) bond motifs is 1. The van der Waals surface area contributed by atoms with Crippen LogP contribution < -0.4 is 0 Å². The van der Waals surface area contributed by atoms with E-state index in [2.05, 4.69) is 157 Å². The number of aromatic nitrogens is 4. The number of pyridine rings is 2. The van der Waals surface area contributed by atoms with E-state index >= 15 is 0 Å². The summed E-state index contributed by atoms with van der Waals surface area (Å²) in [4.78, 5) is 14.9. The van der Waals surface area contributed by atoms with E-state index in [4.69, 9.17) is 15.0 Å².